The lowest BCUT2D eigenvalue weighted by molar-refractivity contribution is 0.0948. The van der Waals surface area contributed by atoms with E-state index in [1.807, 2.05) is 13.8 Å². The molecule has 2 rings (SSSR count). The largest absolute Gasteiger partial charge is 0.352 e. The number of piperazine rings is 1. The van der Waals surface area contributed by atoms with E-state index >= 15 is 0 Å². The molecule has 0 unspecified atom stereocenters. The number of nitrogens with one attached hydrogen (secondary N) is 1. The number of amides is 1. The molecule has 1 aliphatic heterocycles. The molecule has 8 heteroatoms. The second kappa shape index (κ2) is 10.3. The number of likely N-dealkylation sites (N-methyl/N-ethyl adjacent to an activating group) is 1. The standard InChI is InChI=1S/C20H34N4O3S/c1-5-23-13-15-24(16-14-23)12-6-11-21-20(25)18-7-9-19(10-8-18)28(26,27)22(4)17(2)3/h7-10,17H,5-6,11-16H2,1-4H3,(H,21,25). The number of rotatable bonds is 9. The molecule has 0 spiro atoms. The van der Waals surface area contributed by atoms with E-state index in [1.54, 1.807) is 19.2 Å². The summed E-state index contributed by atoms with van der Waals surface area (Å²) in [5, 5.41) is 2.92. The van der Waals surface area contributed by atoms with Gasteiger partial charge in [0.05, 0.1) is 4.90 Å². The van der Waals surface area contributed by atoms with Crippen molar-refractivity contribution in [3.05, 3.63) is 29.8 Å². The van der Waals surface area contributed by atoms with Crippen molar-refractivity contribution in [1.82, 2.24) is 19.4 Å². The van der Waals surface area contributed by atoms with Crippen LogP contribution in [0.5, 0.6) is 0 Å². The number of hydrogen-bond acceptors (Lipinski definition) is 5. The first-order valence-corrected chi connectivity index (χ1v) is 11.5. The maximum atomic E-state index is 12.5. The number of carbonyl (C=O) groups excluding carboxylic acids is 1. The van der Waals surface area contributed by atoms with Crippen LogP contribution in [0.1, 0.15) is 37.6 Å². The Labute approximate surface area is 169 Å². The van der Waals surface area contributed by atoms with Crippen molar-refractivity contribution in [2.75, 3.05) is 52.9 Å². The highest BCUT2D eigenvalue weighted by Gasteiger charge is 2.23. The van der Waals surface area contributed by atoms with Crippen LogP contribution in [-0.4, -0.2) is 87.3 Å². The van der Waals surface area contributed by atoms with Gasteiger partial charge < -0.3 is 15.1 Å². The Morgan fingerprint density at radius 1 is 1.11 bits per heavy atom. The number of sulfonamides is 1. The molecule has 0 aromatic heterocycles. The Balaban J connectivity index is 1.79. The Hall–Kier alpha value is -1.48. The fraction of sp³-hybridized carbons (Fsp3) is 0.650. The molecule has 0 aliphatic carbocycles. The van der Waals surface area contributed by atoms with Gasteiger partial charge in [-0.2, -0.15) is 4.31 Å². The smallest absolute Gasteiger partial charge is 0.251 e. The monoisotopic (exact) mass is 410 g/mol. The summed E-state index contributed by atoms with van der Waals surface area (Å²) in [6.07, 6.45) is 0.906. The van der Waals surface area contributed by atoms with Crippen LogP contribution in [0.4, 0.5) is 0 Å². The van der Waals surface area contributed by atoms with Gasteiger partial charge >= 0.3 is 0 Å². The van der Waals surface area contributed by atoms with E-state index in [2.05, 4.69) is 22.0 Å². The van der Waals surface area contributed by atoms with Crippen LogP contribution in [0.3, 0.4) is 0 Å². The zero-order chi connectivity index (χ0) is 20.7. The molecule has 1 amide bonds. The lowest BCUT2D eigenvalue weighted by Crippen LogP contribution is -2.46. The summed E-state index contributed by atoms with van der Waals surface area (Å²) in [5.74, 6) is -0.169. The fourth-order valence-corrected chi connectivity index (χ4v) is 4.53. The number of hydrogen-bond donors (Lipinski definition) is 1. The summed E-state index contributed by atoms with van der Waals surface area (Å²) in [7, 11) is -1.97. The van der Waals surface area contributed by atoms with E-state index in [9.17, 15) is 13.2 Å². The highest BCUT2D eigenvalue weighted by molar-refractivity contribution is 7.89. The molecule has 1 aromatic carbocycles. The molecule has 1 heterocycles. The molecule has 1 fully saturated rings. The van der Waals surface area contributed by atoms with Crippen LogP contribution in [0.2, 0.25) is 0 Å². The van der Waals surface area contributed by atoms with Gasteiger partial charge in [0.1, 0.15) is 0 Å². The van der Waals surface area contributed by atoms with E-state index in [0.29, 0.717) is 12.1 Å². The summed E-state index contributed by atoms with van der Waals surface area (Å²) in [6, 6.07) is 6.01. The Morgan fingerprint density at radius 2 is 1.68 bits per heavy atom. The molecule has 1 aromatic rings. The summed E-state index contributed by atoms with van der Waals surface area (Å²) in [5.41, 5.74) is 0.475. The second-order valence-electron chi connectivity index (χ2n) is 7.52. The maximum Gasteiger partial charge on any atom is 0.251 e. The molecular weight excluding hydrogens is 376 g/mol. The van der Waals surface area contributed by atoms with E-state index in [4.69, 9.17) is 0 Å². The third kappa shape index (κ3) is 6.01. The molecule has 0 saturated carbocycles. The number of carbonyl (C=O) groups is 1. The van der Waals surface area contributed by atoms with Gasteiger partial charge in [-0.1, -0.05) is 6.92 Å². The van der Waals surface area contributed by atoms with E-state index in [-0.39, 0.29) is 16.8 Å². The van der Waals surface area contributed by atoms with Crippen molar-refractivity contribution >= 4 is 15.9 Å². The zero-order valence-corrected chi connectivity index (χ0v) is 18.3. The molecule has 0 radical (unpaired) electrons. The minimum atomic E-state index is -3.53. The van der Waals surface area contributed by atoms with Crippen molar-refractivity contribution < 1.29 is 13.2 Å². The van der Waals surface area contributed by atoms with E-state index in [0.717, 1.165) is 45.7 Å². The van der Waals surface area contributed by atoms with Crippen molar-refractivity contribution in [1.29, 1.82) is 0 Å². The molecule has 158 valence electrons. The minimum Gasteiger partial charge on any atom is -0.352 e. The zero-order valence-electron chi connectivity index (χ0n) is 17.5. The van der Waals surface area contributed by atoms with Gasteiger partial charge in [-0.15, -0.1) is 0 Å². The molecule has 1 saturated heterocycles. The summed E-state index contributed by atoms with van der Waals surface area (Å²) in [4.78, 5) is 17.4. The Bertz CT molecular complexity index is 726. The van der Waals surface area contributed by atoms with Crippen molar-refractivity contribution in [3.63, 3.8) is 0 Å². The first-order valence-electron chi connectivity index (χ1n) is 10.1. The van der Waals surface area contributed by atoms with Gasteiger partial charge in [-0.25, -0.2) is 8.42 Å². The van der Waals surface area contributed by atoms with Gasteiger partial charge in [-0.05, 0) is 57.6 Å². The van der Waals surface area contributed by atoms with Crippen molar-refractivity contribution in [2.45, 2.75) is 38.1 Å². The van der Waals surface area contributed by atoms with Gasteiger partial charge in [0.15, 0.2) is 0 Å². The van der Waals surface area contributed by atoms with Crippen LogP contribution in [0, 0.1) is 0 Å². The van der Waals surface area contributed by atoms with Crippen LogP contribution in [0.15, 0.2) is 29.2 Å². The Kier molecular flexibility index (Phi) is 8.42. The topological polar surface area (TPSA) is 73.0 Å². The summed E-state index contributed by atoms with van der Waals surface area (Å²) < 4.78 is 26.3. The predicted molar refractivity (Wildman–Crippen MR) is 112 cm³/mol. The van der Waals surface area contributed by atoms with Gasteiger partial charge in [0, 0.05) is 51.4 Å². The highest BCUT2D eigenvalue weighted by Crippen LogP contribution is 2.17. The van der Waals surface area contributed by atoms with Crippen LogP contribution < -0.4 is 5.32 Å². The highest BCUT2D eigenvalue weighted by atomic mass is 32.2. The first-order chi connectivity index (χ1) is 13.3. The normalized spacial score (nSPS) is 16.6. The third-order valence-electron chi connectivity index (χ3n) is 5.37. The molecule has 0 bridgehead atoms. The maximum absolute atomic E-state index is 12.5. The lowest BCUT2D eigenvalue weighted by Gasteiger charge is -2.33. The lowest BCUT2D eigenvalue weighted by atomic mass is 10.2. The quantitative estimate of drug-likeness (QED) is 0.624. The van der Waals surface area contributed by atoms with Crippen LogP contribution in [0.25, 0.3) is 0 Å². The van der Waals surface area contributed by atoms with Crippen LogP contribution in [-0.2, 0) is 10.0 Å². The van der Waals surface area contributed by atoms with Gasteiger partial charge in [-0.3, -0.25) is 4.79 Å². The molecule has 28 heavy (non-hydrogen) atoms. The van der Waals surface area contributed by atoms with Gasteiger partial charge in [0.25, 0.3) is 5.91 Å². The first kappa shape index (κ1) is 22.8. The van der Waals surface area contributed by atoms with Crippen molar-refractivity contribution in [2.24, 2.45) is 0 Å². The van der Waals surface area contributed by atoms with E-state index < -0.39 is 10.0 Å². The number of benzene rings is 1. The van der Waals surface area contributed by atoms with Gasteiger partial charge in [0.2, 0.25) is 10.0 Å². The molecule has 1 aliphatic rings. The molecule has 0 atom stereocenters. The molecular formula is C20H34N4O3S. The fourth-order valence-electron chi connectivity index (χ4n) is 3.16. The predicted octanol–water partition coefficient (Wildman–Crippen LogP) is 1.47. The second-order valence-corrected chi connectivity index (χ2v) is 9.52. The number of nitrogens with zero attached hydrogens (tertiary/aromatic N) is 3. The molecule has 1 N–H and O–H groups in total. The summed E-state index contributed by atoms with van der Waals surface area (Å²) >= 11 is 0. The Morgan fingerprint density at radius 3 is 2.21 bits per heavy atom. The molecule has 7 nitrogen and oxygen atoms in total. The SMILES string of the molecule is CCN1CCN(CCCNC(=O)c2ccc(S(=O)(=O)N(C)C(C)C)cc2)CC1. The third-order valence-corrected chi connectivity index (χ3v) is 7.42. The van der Waals surface area contributed by atoms with E-state index in [1.165, 1.54) is 16.4 Å². The minimum absolute atomic E-state index is 0.127. The van der Waals surface area contributed by atoms with Crippen molar-refractivity contribution in [3.8, 4) is 0 Å². The summed E-state index contributed by atoms with van der Waals surface area (Å²) in [6.45, 7) is 12.9. The van der Waals surface area contributed by atoms with Crippen LogP contribution >= 0.6 is 0 Å². The average Bonchev–Trinajstić information content (AvgIpc) is 2.70. The average molecular weight is 411 g/mol.